The van der Waals surface area contributed by atoms with Crippen LogP contribution in [0.25, 0.3) is 11.1 Å². The van der Waals surface area contributed by atoms with E-state index in [1.807, 2.05) is 47.5 Å². The van der Waals surface area contributed by atoms with Crippen molar-refractivity contribution in [1.82, 2.24) is 29.4 Å². The molecule has 30 heavy (non-hydrogen) atoms. The zero-order chi connectivity index (χ0) is 21.1. The third-order valence-corrected chi connectivity index (χ3v) is 4.85. The number of aliphatic imine (C=N–C) groups is 1. The average Bonchev–Trinajstić information content (AvgIpc) is 3.39. The summed E-state index contributed by atoms with van der Waals surface area (Å²) < 4.78 is 3.49. The number of rotatable bonds is 6. The lowest BCUT2D eigenvalue weighted by Crippen LogP contribution is -2.23. The smallest absolute Gasteiger partial charge is 0.247 e. The zero-order valence-electron chi connectivity index (χ0n) is 17.2. The van der Waals surface area contributed by atoms with Crippen LogP contribution in [0.5, 0.6) is 0 Å². The highest BCUT2D eigenvalue weighted by Gasteiger charge is 2.15. The first kappa shape index (κ1) is 19.6. The number of carbonyl (C=O) groups is 1. The maximum Gasteiger partial charge on any atom is 0.247 e. The Labute approximate surface area is 174 Å². The normalized spacial score (nSPS) is 15.7. The van der Waals surface area contributed by atoms with Crippen LogP contribution in [0.1, 0.15) is 31.5 Å². The Balaban J connectivity index is 1.36. The molecule has 0 radical (unpaired) electrons. The summed E-state index contributed by atoms with van der Waals surface area (Å²) in [7, 11) is 1.98. The Morgan fingerprint density at radius 2 is 1.93 bits per heavy atom. The first-order valence-electron chi connectivity index (χ1n) is 9.74. The SMILES string of the molecule is CC(C)n1cc(-c2cnn(CC(=O)Nc3ccc(C4C=NC=CN4C)cn3)c2)cn1. The van der Waals surface area contributed by atoms with Crippen LogP contribution in [0, 0.1) is 0 Å². The lowest BCUT2D eigenvalue weighted by molar-refractivity contribution is -0.116. The number of hydrogen-bond acceptors (Lipinski definition) is 6. The molecule has 1 amide bonds. The quantitative estimate of drug-likeness (QED) is 0.682. The second-order valence-electron chi connectivity index (χ2n) is 7.46. The van der Waals surface area contributed by atoms with Gasteiger partial charge in [0.2, 0.25) is 5.91 Å². The van der Waals surface area contributed by atoms with E-state index in [-0.39, 0.29) is 18.5 Å². The molecular formula is C21H24N8O. The summed E-state index contributed by atoms with van der Waals surface area (Å²) in [5.74, 6) is 0.308. The Kier molecular flexibility index (Phi) is 5.42. The van der Waals surface area contributed by atoms with Crippen molar-refractivity contribution in [3.8, 4) is 11.1 Å². The fourth-order valence-electron chi connectivity index (χ4n) is 3.15. The van der Waals surface area contributed by atoms with Gasteiger partial charge < -0.3 is 10.2 Å². The number of aromatic nitrogens is 5. The molecule has 1 unspecified atom stereocenters. The first-order valence-corrected chi connectivity index (χ1v) is 9.74. The van der Waals surface area contributed by atoms with Crippen molar-refractivity contribution in [2.75, 3.05) is 12.4 Å². The predicted octanol–water partition coefficient (Wildman–Crippen LogP) is 2.89. The summed E-state index contributed by atoms with van der Waals surface area (Å²) in [6.07, 6.45) is 14.6. The molecule has 0 fully saturated rings. The summed E-state index contributed by atoms with van der Waals surface area (Å²) in [5, 5.41) is 11.4. The van der Waals surface area contributed by atoms with Crippen molar-refractivity contribution in [3.63, 3.8) is 0 Å². The predicted molar refractivity (Wildman–Crippen MR) is 115 cm³/mol. The van der Waals surface area contributed by atoms with Crippen LogP contribution in [0.4, 0.5) is 5.82 Å². The molecule has 1 atom stereocenters. The first-order chi connectivity index (χ1) is 14.5. The molecule has 1 aliphatic rings. The molecule has 4 heterocycles. The summed E-state index contributed by atoms with van der Waals surface area (Å²) in [6, 6.07) is 4.06. The second kappa shape index (κ2) is 8.32. The lowest BCUT2D eigenvalue weighted by atomic mass is 10.1. The van der Waals surface area contributed by atoms with Gasteiger partial charge in [0.1, 0.15) is 12.4 Å². The Bertz CT molecular complexity index is 1080. The molecule has 0 spiro atoms. The number of pyridine rings is 1. The number of hydrogen-bond donors (Lipinski definition) is 1. The fourth-order valence-corrected chi connectivity index (χ4v) is 3.15. The molecule has 0 aliphatic carbocycles. The zero-order valence-corrected chi connectivity index (χ0v) is 17.2. The van der Waals surface area contributed by atoms with Gasteiger partial charge in [-0.05, 0) is 25.5 Å². The van der Waals surface area contributed by atoms with E-state index in [4.69, 9.17) is 0 Å². The van der Waals surface area contributed by atoms with Crippen LogP contribution in [0.2, 0.25) is 0 Å². The lowest BCUT2D eigenvalue weighted by Gasteiger charge is -2.25. The van der Waals surface area contributed by atoms with E-state index in [2.05, 4.69) is 39.3 Å². The minimum absolute atomic E-state index is 0.0369. The van der Waals surface area contributed by atoms with Gasteiger partial charge in [-0.3, -0.25) is 19.2 Å². The highest BCUT2D eigenvalue weighted by molar-refractivity contribution is 5.89. The van der Waals surface area contributed by atoms with Gasteiger partial charge in [0.05, 0.1) is 18.4 Å². The number of carbonyl (C=O) groups excluding carboxylic acids is 1. The molecule has 0 saturated heterocycles. The molecule has 0 bridgehead atoms. The van der Waals surface area contributed by atoms with Gasteiger partial charge in [-0.2, -0.15) is 10.2 Å². The highest BCUT2D eigenvalue weighted by Crippen LogP contribution is 2.21. The molecule has 4 rings (SSSR count). The Morgan fingerprint density at radius 3 is 2.63 bits per heavy atom. The van der Waals surface area contributed by atoms with Crippen molar-refractivity contribution >= 4 is 17.9 Å². The molecule has 154 valence electrons. The minimum Gasteiger partial charge on any atom is -0.367 e. The maximum atomic E-state index is 12.4. The number of amides is 1. The van der Waals surface area contributed by atoms with Gasteiger partial charge >= 0.3 is 0 Å². The van der Waals surface area contributed by atoms with Crippen molar-refractivity contribution in [2.24, 2.45) is 4.99 Å². The minimum atomic E-state index is -0.193. The Hall–Kier alpha value is -3.75. The fraction of sp³-hybridized carbons (Fsp3) is 0.286. The number of nitrogens with one attached hydrogen (secondary N) is 1. The standard InChI is InChI=1S/C21H24N8O/c1-15(2)29-13-18(10-25-29)17-9-24-28(12-17)14-21(30)26-20-5-4-16(8-23-20)19-11-22-6-7-27(19)3/h4-13,15,19H,14H2,1-3H3,(H,23,26,30). The van der Waals surface area contributed by atoms with Crippen LogP contribution >= 0.6 is 0 Å². The molecule has 3 aromatic heterocycles. The molecule has 0 saturated carbocycles. The summed E-state index contributed by atoms with van der Waals surface area (Å²) in [6.45, 7) is 4.25. The van der Waals surface area contributed by atoms with E-state index in [0.29, 0.717) is 11.9 Å². The van der Waals surface area contributed by atoms with Gasteiger partial charge in [0.25, 0.3) is 0 Å². The molecular weight excluding hydrogens is 380 g/mol. The van der Waals surface area contributed by atoms with Crippen LogP contribution in [0.3, 0.4) is 0 Å². The maximum absolute atomic E-state index is 12.4. The molecule has 9 nitrogen and oxygen atoms in total. The third-order valence-electron chi connectivity index (χ3n) is 4.85. The second-order valence-corrected chi connectivity index (χ2v) is 7.46. The largest absolute Gasteiger partial charge is 0.367 e. The molecule has 9 heteroatoms. The van der Waals surface area contributed by atoms with E-state index >= 15 is 0 Å². The summed E-state index contributed by atoms with van der Waals surface area (Å²) in [5.41, 5.74) is 2.89. The van der Waals surface area contributed by atoms with Crippen molar-refractivity contribution in [1.29, 1.82) is 0 Å². The van der Waals surface area contributed by atoms with Crippen molar-refractivity contribution in [3.05, 3.63) is 61.1 Å². The van der Waals surface area contributed by atoms with E-state index in [0.717, 1.165) is 16.7 Å². The molecule has 3 aromatic rings. The van der Waals surface area contributed by atoms with E-state index in [9.17, 15) is 4.79 Å². The topological polar surface area (TPSA) is 93.2 Å². The average molecular weight is 404 g/mol. The van der Waals surface area contributed by atoms with Crippen LogP contribution in [-0.4, -0.2) is 48.6 Å². The van der Waals surface area contributed by atoms with Gasteiger partial charge in [0.15, 0.2) is 0 Å². The molecule has 1 N–H and O–H groups in total. The monoisotopic (exact) mass is 404 g/mol. The van der Waals surface area contributed by atoms with E-state index in [1.54, 1.807) is 35.5 Å². The van der Waals surface area contributed by atoms with E-state index in [1.165, 1.54) is 0 Å². The van der Waals surface area contributed by atoms with Gasteiger partial charge in [-0.25, -0.2) is 4.98 Å². The van der Waals surface area contributed by atoms with Crippen molar-refractivity contribution < 1.29 is 4.79 Å². The van der Waals surface area contributed by atoms with Crippen LogP contribution in [0.15, 0.2) is 60.5 Å². The Morgan fingerprint density at radius 1 is 1.13 bits per heavy atom. The van der Waals surface area contributed by atoms with Crippen LogP contribution in [-0.2, 0) is 11.3 Å². The van der Waals surface area contributed by atoms with Crippen LogP contribution < -0.4 is 5.32 Å². The molecule has 0 aromatic carbocycles. The van der Waals surface area contributed by atoms with Crippen molar-refractivity contribution in [2.45, 2.75) is 32.5 Å². The summed E-state index contributed by atoms with van der Waals surface area (Å²) >= 11 is 0. The third kappa shape index (κ3) is 4.29. The van der Waals surface area contributed by atoms with Gasteiger partial charge in [-0.1, -0.05) is 6.07 Å². The molecule has 1 aliphatic heterocycles. The number of anilines is 1. The van der Waals surface area contributed by atoms with Gasteiger partial charge in [-0.15, -0.1) is 0 Å². The highest BCUT2D eigenvalue weighted by atomic mass is 16.2. The van der Waals surface area contributed by atoms with Gasteiger partial charge in [0, 0.05) is 61.4 Å². The van der Waals surface area contributed by atoms with E-state index < -0.39 is 0 Å². The summed E-state index contributed by atoms with van der Waals surface area (Å²) in [4.78, 5) is 23.0. The number of nitrogens with zero attached hydrogens (tertiary/aromatic N) is 7.